The summed E-state index contributed by atoms with van der Waals surface area (Å²) in [6.45, 7) is 0.0730. The molecule has 1 aromatic carbocycles. The van der Waals surface area contributed by atoms with Crippen molar-refractivity contribution in [3.05, 3.63) is 28.8 Å². The fourth-order valence-corrected chi connectivity index (χ4v) is 2.52. The second-order valence-electron chi connectivity index (χ2n) is 5.06. The van der Waals surface area contributed by atoms with Crippen molar-refractivity contribution in [2.45, 2.75) is 38.2 Å². The Kier molecular flexibility index (Phi) is 5.44. The van der Waals surface area contributed by atoms with Crippen molar-refractivity contribution in [2.24, 2.45) is 0 Å². The zero-order valence-corrected chi connectivity index (χ0v) is 12.4. The standard InChI is InChI=1S/C15H18ClNO4/c16-10-5-6-13(21-11-3-1-2-4-11)12(9-10)15(20)17-8-7-14(18)19/h5-6,9,11H,1-4,7-8H2,(H,17,20)(H,18,19). The number of carboxylic acid groups (broad SMARTS) is 1. The van der Waals surface area contributed by atoms with Crippen LogP contribution in [0.4, 0.5) is 0 Å². The zero-order chi connectivity index (χ0) is 15.2. The maximum absolute atomic E-state index is 12.1. The van der Waals surface area contributed by atoms with Crippen molar-refractivity contribution < 1.29 is 19.4 Å². The Balaban J connectivity index is 2.06. The van der Waals surface area contributed by atoms with Crippen molar-refractivity contribution in [2.75, 3.05) is 6.54 Å². The van der Waals surface area contributed by atoms with Crippen LogP contribution in [0.5, 0.6) is 5.75 Å². The molecule has 0 aromatic heterocycles. The minimum absolute atomic E-state index is 0.0730. The Bertz CT molecular complexity index is 526. The lowest BCUT2D eigenvalue weighted by atomic mass is 10.1. The van der Waals surface area contributed by atoms with E-state index in [4.69, 9.17) is 21.4 Å². The number of carbonyl (C=O) groups excluding carboxylic acids is 1. The number of hydrogen-bond acceptors (Lipinski definition) is 3. The molecule has 1 aliphatic rings. The third kappa shape index (κ3) is 4.63. The molecule has 0 bridgehead atoms. The summed E-state index contributed by atoms with van der Waals surface area (Å²) >= 11 is 5.93. The summed E-state index contributed by atoms with van der Waals surface area (Å²) in [4.78, 5) is 22.6. The Morgan fingerprint density at radius 1 is 1.33 bits per heavy atom. The van der Waals surface area contributed by atoms with Gasteiger partial charge in [0.05, 0.1) is 18.1 Å². The molecule has 0 spiro atoms. The van der Waals surface area contributed by atoms with Crippen LogP contribution in [0, 0.1) is 0 Å². The van der Waals surface area contributed by atoms with Gasteiger partial charge in [-0.15, -0.1) is 0 Å². The van der Waals surface area contributed by atoms with Crippen molar-refractivity contribution >= 4 is 23.5 Å². The van der Waals surface area contributed by atoms with E-state index in [2.05, 4.69) is 5.32 Å². The molecule has 114 valence electrons. The van der Waals surface area contributed by atoms with Crippen LogP contribution in [-0.4, -0.2) is 29.6 Å². The minimum atomic E-state index is -0.955. The van der Waals surface area contributed by atoms with Gasteiger partial charge < -0.3 is 15.2 Å². The van der Waals surface area contributed by atoms with Crippen LogP contribution in [0.25, 0.3) is 0 Å². The number of carbonyl (C=O) groups is 2. The molecule has 2 rings (SSSR count). The van der Waals surface area contributed by atoms with Gasteiger partial charge in [-0.25, -0.2) is 0 Å². The zero-order valence-electron chi connectivity index (χ0n) is 11.6. The van der Waals surface area contributed by atoms with Gasteiger partial charge in [0, 0.05) is 11.6 Å². The first-order valence-corrected chi connectivity index (χ1v) is 7.40. The number of carboxylic acids is 1. The first-order valence-electron chi connectivity index (χ1n) is 7.02. The van der Waals surface area contributed by atoms with Crippen LogP contribution in [0.3, 0.4) is 0 Å². The summed E-state index contributed by atoms with van der Waals surface area (Å²) in [6, 6.07) is 4.91. The summed E-state index contributed by atoms with van der Waals surface area (Å²) in [6.07, 6.45) is 4.27. The third-order valence-corrected chi connectivity index (χ3v) is 3.64. The average molecular weight is 312 g/mol. The first kappa shape index (κ1) is 15.6. The molecule has 1 fully saturated rings. The maximum Gasteiger partial charge on any atom is 0.305 e. The highest BCUT2D eigenvalue weighted by Gasteiger charge is 2.20. The number of hydrogen-bond donors (Lipinski definition) is 2. The quantitative estimate of drug-likeness (QED) is 0.847. The van der Waals surface area contributed by atoms with E-state index in [1.54, 1.807) is 18.2 Å². The van der Waals surface area contributed by atoms with E-state index in [0.717, 1.165) is 25.7 Å². The van der Waals surface area contributed by atoms with E-state index in [9.17, 15) is 9.59 Å². The Morgan fingerprint density at radius 2 is 2.05 bits per heavy atom. The first-order chi connectivity index (χ1) is 10.1. The number of ether oxygens (including phenoxy) is 1. The van der Waals surface area contributed by atoms with Gasteiger partial charge >= 0.3 is 5.97 Å². The van der Waals surface area contributed by atoms with Crippen LogP contribution in [0.15, 0.2) is 18.2 Å². The molecule has 0 aliphatic heterocycles. The predicted octanol–water partition coefficient (Wildman–Crippen LogP) is 2.87. The Hall–Kier alpha value is -1.75. The molecular formula is C15H18ClNO4. The molecule has 1 saturated carbocycles. The second kappa shape index (κ2) is 7.31. The maximum atomic E-state index is 12.1. The molecule has 5 nitrogen and oxygen atoms in total. The van der Waals surface area contributed by atoms with Gasteiger partial charge in [-0.2, -0.15) is 0 Å². The summed E-state index contributed by atoms with van der Waals surface area (Å²) < 4.78 is 5.87. The molecule has 0 unspecified atom stereocenters. The van der Waals surface area contributed by atoms with E-state index in [0.29, 0.717) is 16.3 Å². The highest BCUT2D eigenvalue weighted by molar-refractivity contribution is 6.31. The predicted molar refractivity (Wildman–Crippen MR) is 78.9 cm³/mol. The van der Waals surface area contributed by atoms with E-state index >= 15 is 0 Å². The normalized spacial score (nSPS) is 14.9. The van der Waals surface area contributed by atoms with E-state index in [1.165, 1.54) is 0 Å². The fourth-order valence-electron chi connectivity index (χ4n) is 2.35. The number of rotatable bonds is 6. The average Bonchev–Trinajstić information content (AvgIpc) is 2.93. The molecule has 0 heterocycles. The van der Waals surface area contributed by atoms with Crippen molar-refractivity contribution in [1.82, 2.24) is 5.32 Å². The number of halogens is 1. The second-order valence-corrected chi connectivity index (χ2v) is 5.50. The molecule has 6 heteroatoms. The van der Waals surface area contributed by atoms with Gasteiger partial charge in [0.2, 0.25) is 0 Å². The van der Waals surface area contributed by atoms with E-state index < -0.39 is 5.97 Å². The molecule has 1 amide bonds. The van der Waals surface area contributed by atoms with Crippen LogP contribution in [0.1, 0.15) is 42.5 Å². The molecule has 0 saturated heterocycles. The number of amides is 1. The van der Waals surface area contributed by atoms with Gasteiger partial charge in [0.25, 0.3) is 5.91 Å². The van der Waals surface area contributed by atoms with Crippen molar-refractivity contribution in [1.29, 1.82) is 0 Å². The summed E-state index contributed by atoms with van der Waals surface area (Å²) in [5, 5.41) is 11.6. The molecule has 0 atom stereocenters. The summed E-state index contributed by atoms with van der Waals surface area (Å²) in [7, 11) is 0. The van der Waals surface area contributed by atoms with Gasteiger partial charge in [-0.05, 0) is 43.9 Å². The molecule has 1 aromatic rings. The van der Waals surface area contributed by atoms with E-state index in [-0.39, 0.29) is 25.0 Å². The number of aliphatic carboxylic acids is 1. The highest BCUT2D eigenvalue weighted by Crippen LogP contribution is 2.28. The van der Waals surface area contributed by atoms with Gasteiger partial charge in [0.15, 0.2) is 0 Å². The van der Waals surface area contributed by atoms with Crippen molar-refractivity contribution in [3.63, 3.8) is 0 Å². The van der Waals surface area contributed by atoms with E-state index in [1.807, 2.05) is 0 Å². The molecule has 21 heavy (non-hydrogen) atoms. The van der Waals surface area contributed by atoms with Crippen LogP contribution in [0.2, 0.25) is 5.02 Å². The summed E-state index contributed by atoms with van der Waals surface area (Å²) in [5.74, 6) is -0.824. The van der Waals surface area contributed by atoms with Gasteiger partial charge in [0.1, 0.15) is 5.75 Å². The number of benzene rings is 1. The van der Waals surface area contributed by atoms with Crippen LogP contribution >= 0.6 is 11.6 Å². The van der Waals surface area contributed by atoms with Crippen LogP contribution < -0.4 is 10.1 Å². The lowest BCUT2D eigenvalue weighted by Gasteiger charge is -2.16. The SMILES string of the molecule is O=C(O)CCNC(=O)c1cc(Cl)ccc1OC1CCCC1. The third-order valence-electron chi connectivity index (χ3n) is 3.41. The topological polar surface area (TPSA) is 75.6 Å². The fraction of sp³-hybridized carbons (Fsp3) is 0.467. The lowest BCUT2D eigenvalue weighted by Crippen LogP contribution is -2.27. The lowest BCUT2D eigenvalue weighted by molar-refractivity contribution is -0.136. The Morgan fingerprint density at radius 3 is 2.71 bits per heavy atom. The van der Waals surface area contributed by atoms with Gasteiger partial charge in [-0.1, -0.05) is 11.6 Å². The minimum Gasteiger partial charge on any atom is -0.490 e. The monoisotopic (exact) mass is 311 g/mol. The molecule has 1 aliphatic carbocycles. The highest BCUT2D eigenvalue weighted by atomic mass is 35.5. The van der Waals surface area contributed by atoms with Crippen molar-refractivity contribution in [3.8, 4) is 5.75 Å². The molecule has 2 N–H and O–H groups in total. The largest absolute Gasteiger partial charge is 0.490 e. The summed E-state index contributed by atoms with van der Waals surface area (Å²) in [5.41, 5.74) is 0.347. The number of nitrogens with one attached hydrogen (secondary N) is 1. The van der Waals surface area contributed by atoms with Gasteiger partial charge in [-0.3, -0.25) is 9.59 Å². The van der Waals surface area contributed by atoms with Crippen LogP contribution in [-0.2, 0) is 4.79 Å². The molecule has 0 radical (unpaired) electrons. The molecular weight excluding hydrogens is 294 g/mol. The smallest absolute Gasteiger partial charge is 0.305 e. The Labute approximate surface area is 128 Å².